The molecule has 0 fully saturated rings. The van der Waals surface area contributed by atoms with Crippen molar-refractivity contribution in [1.29, 1.82) is 0 Å². The number of halogens is 1. The van der Waals surface area contributed by atoms with Crippen molar-refractivity contribution in [3.05, 3.63) is 117 Å². The summed E-state index contributed by atoms with van der Waals surface area (Å²) in [6.07, 6.45) is 0. The average molecular weight is 441 g/mol. The lowest BCUT2D eigenvalue weighted by Gasteiger charge is -2.34. The molecule has 0 aliphatic heterocycles. The molecule has 0 atom stereocenters. The summed E-state index contributed by atoms with van der Waals surface area (Å²) >= 11 is 3.70. The summed E-state index contributed by atoms with van der Waals surface area (Å²) in [4.78, 5) is 0. The highest BCUT2D eigenvalue weighted by Crippen LogP contribution is 2.56. The van der Waals surface area contributed by atoms with E-state index in [1.807, 2.05) is 24.3 Å². The van der Waals surface area contributed by atoms with Crippen LogP contribution in [0.3, 0.4) is 0 Å². The highest BCUT2D eigenvalue weighted by atomic mass is 79.9. The Morgan fingerprint density at radius 3 is 1.66 bits per heavy atom. The van der Waals surface area contributed by atoms with E-state index >= 15 is 0 Å². The van der Waals surface area contributed by atoms with Crippen LogP contribution in [-0.4, -0.2) is 0 Å². The van der Waals surface area contributed by atoms with Crippen LogP contribution in [-0.2, 0) is 5.41 Å². The lowest BCUT2D eigenvalue weighted by Crippen LogP contribution is -2.28. The molecule has 4 aromatic carbocycles. The monoisotopic (exact) mass is 440 g/mol. The number of fused-ring (bicyclic) bond motifs is 3. The standard InChI is InChI=1S/C26H21BrN2/c1-16-2-12-22-23-13-7-19(27)15-25(23)26(24(22)14-16,17-3-8-20(28)9-4-17)18-5-10-21(29)11-6-18/h2-15H,28-29H2,1H3. The number of hydrogen-bond acceptors (Lipinski definition) is 2. The molecule has 0 aromatic heterocycles. The van der Waals surface area contributed by atoms with Gasteiger partial charge in [-0.3, -0.25) is 0 Å². The van der Waals surface area contributed by atoms with Gasteiger partial charge in [0, 0.05) is 15.8 Å². The third kappa shape index (κ3) is 2.61. The van der Waals surface area contributed by atoms with Crippen molar-refractivity contribution in [2.24, 2.45) is 0 Å². The van der Waals surface area contributed by atoms with E-state index in [1.54, 1.807) is 0 Å². The summed E-state index contributed by atoms with van der Waals surface area (Å²) in [5.41, 5.74) is 21.9. The molecule has 0 amide bonds. The van der Waals surface area contributed by atoms with Crippen molar-refractivity contribution in [2.45, 2.75) is 12.3 Å². The molecule has 1 aliphatic carbocycles. The molecule has 5 rings (SSSR count). The molecule has 0 heterocycles. The summed E-state index contributed by atoms with van der Waals surface area (Å²) in [7, 11) is 0. The fourth-order valence-electron chi connectivity index (χ4n) is 4.66. The second-order valence-corrected chi connectivity index (χ2v) is 8.65. The maximum Gasteiger partial charge on any atom is 0.0714 e. The SMILES string of the molecule is Cc1ccc2c(c1)C(c1ccc(N)cc1)(c1ccc(N)cc1)c1cc(Br)ccc1-2. The van der Waals surface area contributed by atoms with Gasteiger partial charge in [-0.25, -0.2) is 0 Å². The zero-order valence-corrected chi connectivity index (χ0v) is 17.7. The third-order valence-corrected chi connectivity index (χ3v) is 6.44. The van der Waals surface area contributed by atoms with Crippen LogP contribution in [0.1, 0.15) is 27.8 Å². The van der Waals surface area contributed by atoms with Gasteiger partial charge < -0.3 is 11.5 Å². The average Bonchev–Trinajstić information content (AvgIpc) is 2.99. The number of aryl methyl sites for hydroxylation is 1. The first kappa shape index (κ1) is 18.0. The predicted octanol–water partition coefficient (Wildman–Crippen LogP) is 6.29. The first-order chi connectivity index (χ1) is 14.0. The Kier molecular flexibility index (Phi) is 4.04. The highest BCUT2D eigenvalue weighted by Gasteiger charge is 2.46. The number of nitrogen functional groups attached to an aromatic ring is 2. The van der Waals surface area contributed by atoms with Crippen LogP contribution in [0.5, 0.6) is 0 Å². The minimum Gasteiger partial charge on any atom is -0.399 e. The molecule has 2 nitrogen and oxygen atoms in total. The van der Waals surface area contributed by atoms with E-state index < -0.39 is 5.41 Å². The minimum absolute atomic E-state index is 0.429. The maximum absolute atomic E-state index is 6.04. The number of benzene rings is 4. The number of nitrogens with two attached hydrogens (primary N) is 2. The van der Waals surface area contributed by atoms with Crippen molar-refractivity contribution >= 4 is 27.3 Å². The Balaban J connectivity index is 1.97. The zero-order chi connectivity index (χ0) is 20.2. The molecular formula is C26H21BrN2. The molecule has 0 unspecified atom stereocenters. The first-order valence-electron chi connectivity index (χ1n) is 9.64. The van der Waals surface area contributed by atoms with Crippen LogP contribution in [0.25, 0.3) is 11.1 Å². The van der Waals surface area contributed by atoms with Crippen molar-refractivity contribution in [3.63, 3.8) is 0 Å². The van der Waals surface area contributed by atoms with Crippen LogP contribution in [0, 0.1) is 6.92 Å². The fourth-order valence-corrected chi connectivity index (χ4v) is 5.03. The van der Waals surface area contributed by atoms with Gasteiger partial charge in [-0.15, -0.1) is 0 Å². The number of rotatable bonds is 2. The molecule has 29 heavy (non-hydrogen) atoms. The van der Waals surface area contributed by atoms with Crippen LogP contribution < -0.4 is 11.5 Å². The van der Waals surface area contributed by atoms with Crippen LogP contribution in [0.4, 0.5) is 11.4 Å². The molecule has 0 bridgehead atoms. The van der Waals surface area contributed by atoms with Crippen LogP contribution in [0.2, 0.25) is 0 Å². The fraction of sp³-hybridized carbons (Fsp3) is 0.0769. The minimum atomic E-state index is -0.429. The molecular weight excluding hydrogens is 420 g/mol. The molecule has 1 aliphatic rings. The summed E-state index contributed by atoms with van der Waals surface area (Å²) < 4.78 is 1.07. The lowest BCUT2D eigenvalue weighted by atomic mass is 9.67. The zero-order valence-electron chi connectivity index (χ0n) is 16.1. The van der Waals surface area contributed by atoms with E-state index in [9.17, 15) is 0 Å². The smallest absolute Gasteiger partial charge is 0.0714 e. The van der Waals surface area contributed by atoms with Gasteiger partial charge in [-0.2, -0.15) is 0 Å². The molecule has 0 radical (unpaired) electrons. The molecule has 142 valence electrons. The summed E-state index contributed by atoms with van der Waals surface area (Å²) in [6.45, 7) is 2.15. The number of anilines is 2. The molecule has 0 saturated carbocycles. The summed E-state index contributed by atoms with van der Waals surface area (Å²) in [6, 6.07) is 29.9. The number of hydrogen-bond donors (Lipinski definition) is 2. The Bertz CT molecular complexity index is 1130. The topological polar surface area (TPSA) is 52.0 Å². The molecule has 4 aromatic rings. The molecule has 0 saturated heterocycles. The Morgan fingerprint density at radius 2 is 1.10 bits per heavy atom. The Hall–Kier alpha value is -3.04. The van der Waals surface area contributed by atoms with E-state index in [0.717, 1.165) is 15.8 Å². The van der Waals surface area contributed by atoms with Crippen molar-refractivity contribution < 1.29 is 0 Å². The second-order valence-electron chi connectivity index (χ2n) is 7.73. The van der Waals surface area contributed by atoms with E-state index in [4.69, 9.17) is 11.5 Å². The largest absolute Gasteiger partial charge is 0.399 e. The van der Waals surface area contributed by atoms with Gasteiger partial charge in [0.2, 0.25) is 0 Å². The Morgan fingerprint density at radius 1 is 0.621 bits per heavy atom. The third-order valence-electron chi connectivity index (χ3n) is 5.94. The van der Waals surface area contributed by atoms with Crippen molar-refractivity contribution in [2.75, 3.05) is 11.5 Å². The van der Waals surface area contributed by atoms with Gasteiger partial charge in [0.25, 0.3) is 0 Å². The Labute approximate surface area is 179 Å². The molecule has 0 spiro atoms. The van der Waals surface area contributed by atoms with E-state index in [-0.39, 0.29) is 0 Å². The van der Waals surface area contributed by atoms with E-state index in [0.29, 0.717) is 0 Å². The van der Waals surface area contributed by atoms with Gasteiger partial charge in [0.05, 0.1) is 5.41 Å². The highest BCUT2D eigenvalue weighted by molar-refractivity contribution is 9.10. The van der Waals surface area contributed by atoms with E-state index in [1.165, 1.54) is 38.9 Å². The normalized spacial score (nSPS) is 13.7. The quantitative estimate of drug-likeness (QED) is 0.317. The summed E-state index contributed by atoms with van der Waals surface area (Å²) in [5.74, 6) is 0. The van der Waals surface area contributed by atoms with Crippen LogP contribution >= 0.6 is 15.9 Å². The maximum atomic E-state index is 6.04. The van der Waals surface area contributed by atoms with Crippen molar-refractivity contribution in [3.8, 4) is 11.1 Å². The predicted molar refractivity (Wildman–Crippen MR) is 125 cm³/mol. The van der Waals surface area contributed by atoms with Gasteiger partial charge in [0.15, 0.2) is 0 Å². The lowest BCUT2D eigenvalue weighted by molar-refractivity contribution is 0.767. The van der Waals surface area contributed by atoms with Gasteiger partial charge in [-0.05, 0) is 76.7 Å². The first-order valence-corrected chi connectivity index (χ1v) is 10.4. The van der Waals surface area contributed by atoms with Gasteiger partial charge in [0.1, 0.15) is 0 Å². The van der Waals surface area contributed by atoms with Crippen molar-refractivity contribution in [1.82, 2.24) is 0 Å². The molecule has 3 heteroatoms. The van der Waals surface area contributed by atoms with Crippen LogP contribution in [0.15, 0.2) is 89.4 Å². The van der Waals surface area contributed by atoms with Gasteiger partial charge >= 0.3 is 0 Å². The molecule has 4 N–H and O–H groups in total. The van der Waals surface area contributed by atoms with E-state index in [2.05, 4.69) is 83.5 Å². The second kappa shape index (κ2) is 6.50. The summed E-state index contributed by atoms with van der Waals surface area (Å²) in [5, 5.41) is 0. The van der Waals surface area contributed by atoms with Gasteiger partial charge in [-0.1, -0.05) is 70.0 Å².